The summed E-state index contributed by atoms with van der Waals surface area (Å²) < 4.78 is 0. The molecule has 0 spiro atoms. The van der Waals surface area contributed by atoms with Crippen LogP contribution in [0, 0.1) is 0 Å². The number of rotatable bonds is 8. The van der Waals surface area contributed by atoms with Gasteiger partial charge in [0, 0.05) is 26.2 Å². The predicted octanol–water partition coefficient (Wildman–Crippen LogP) is 2.72. The minimum absolute atomic E-state index is 0.0406. The number of hydrogen-bond acceptors (Lipinski definition) is 4. The van der Waals surface area contributed by atoms with Gasteiger partial charge in [-0.05, 0) is 38.7 Å². The molecular weight excluding hydrogens is 300 g/mol. The van der Waals surface area contributed by atoms with E-state index in [-0.39, 0.29) is 5.91 Å². The highest BCUT2D eigenvalue weighted by molar-refractivity contribution is 5.92. The van der Waals surface area contributed by atoms with Crippen LogP contribution in [-0.2, 0) is 6.54 Å². The zero-order valence-electron chi connectivity index (χ0n) is 14.7. The van der Waals surface area contributed by atoms with Gasteiger partial charge in [0.2, 0.25) is 0 Å². The fourth-order valence-electron chi connectivity index (χ4n) is 2.34. The van der Waals surface area contributed by atoms with Crippen LogP contribution < -0.4 is 5.32 Å². The number of likely N-dealkylation sites (N-methyl/N-ethyl adjacent to an activating group) is 1. The Hall–Kier alpha value is -2.40. The van der Waals surface area contributed by atoms with Crippen LogP contribution in [-0.4, -0.2) is 54.4 Å². The molecule has 0 atom stereocenters. The van der Waals surface area contributed by atoms with E-state index in [9.17, 15) is 4.79 Å². The van der Waals surface area contributed by atoms with Gasteiger partial charge in [-0.25, -0.2) is 4.98 Å². The highest BCUT2D eigenvalue weighted by Crippen LogP contribution is 2.11. The molecule has 5 heteroatoms. The molecule has 1 heterocycles. The summed E-state index contributed by atoms with van der Waals surface area (Å²) in [6.07, 6.45) is 1.72. The summed E-state index contributed by atoms with van der Waals surface area (Å²) in [5.74, 6) is -0.0406. The van der Waals surface area contributed by atoms with E-state index >= 15 is 0 Å². The van der Waals surface area contributed by atoms with Gasteiger partial charge in [0.15, 0.2) is 0 Å². The fourth-order valence-corrected chi connectivity index (χ4v) is 2.34. The van der Waals surface area contributed by atoms with Gasteiger partial charge in [-0.1, -0.05) is 30.3 Å². The number of amides is 1. The average Bonchev–Trinajstić information content (AvgIpc) is 2.60. The van der Waals surface area contributed by atoms with Gasteiger partial charge in [-0.15, -0.1) is 0 Å². The quantitative estimate of drug-likeness (QED) is 0.810. The van der Waals surface area contributed by atoms with E-state index < -0.39 is 0 Å². The van der Waals surface area contributed by atoms with Crippen molar-refractivity contribution in [2.75, 3.05) is 39.0 Å². The number of nitrogens with zero attached hydrogens (tertiary/aromatic N) is 3. The maximum absolute atomic E-state index is 12.6. The van der Waals surface area contributed by atoms with Crippen LogP contribution in [0.25, 0.3) is 0 Å². The van der Waals surface area contributed by atoms with E-state index in [1.165, 1.54) is 0 Å². The topological polar surface area (TPSA) is 48.5 Å². The second-order valence-electron chi connectivity index (χ2n) is 5.97. The van der Waals surface area contributed by atoms with Crippen molar-refractivity contribution in [3.05, 3.63) is 59.9 Å². The lowest BCUT2D eigenvalue weighted by Crippen LogP contribution is -2.31. The van der Waals surface area contributed by atoms with Gasteiger partial charge in [-0.2, -0.15) is 0 Å². The van der Waals surface area contributed by atoms with E-state index in [0.29, 0.717) is 18.8 Å². The first-order valence-electron chi connectivity index (χ1n) is 8.28. The third-order valence-electron chi connectivity index (χ3n) is 3.76. The van der Waals surface area contributed by atoms with Gasteiger partial charge in [-0.3, -0.25) is 4.79 Å². The molecule has 0 saturated carbocycles. The summed E-state index contributed by atoms with van der Waals surface area (Å²) in [5.41, 5.74) is 2.53. The lowest BCUT2D eigenvalue weighted by atomic mass is 10.2. The van der Waals surface area contributed by atoms with Crippen molar-refractivity contribution >= 4 is 11.6 Å². The largest absolute Gasteiger partial charge is 0.383 e. The third kappa shape index (κ3) is 5.35. The minimum Gasteiger partial charge on any atom is -0.383 e. The number of pyridine rings is 1. The average molecular weight is 326 g/mol. The van der Waals surface area contributed by atoms with Gasteiger partial charge < -0.3 is 15.1 Å². The number of hydrogen-bond donors (Lipinski definition) is 1. The Labute approximate surface area is 144 Å². The Kier molecular flexibility index (Phi) is 6.75. The zero-order valence-corrected chi connectivity index (χ0v) is 14.7. The number of carbonyl (C=O) groups excluding carboxylic acids is 1. The Morgan fingerprint density at radius 3 is 2.46 bits per heavy atom. The maximum atomic E-state index is 12.6. The Balaban J connectivity index is 1.97. The summed E-state index contributed by atoms with van der Waals surface area (Å²) in [7, 11) is 4.07. The van der Waals surface area contributed by atoms with Crippen molar-refractivity contribution in [3.63, 3.8) is 0 Å². The lowest BCUT2D eigenvalue weighted by molar-refractivity contribution is 0.0746. The summed E-state index contributed by atoms with van der Waals surface area (Å²) in [6, 6.07) is 13.7. The Morgan fingerprint density at radius 1 is 1.12 bits per heavy atom. The zero-order chi connectivity index (χ0) is 17.4. The van der Waals surface area contributed by atoms with Crippen molar-refractivity contribution in [2.24, 2.45) is 0 Å². The van der Waals surface area contributed by atoms with E-state index in [1.807, 2.05) is 57.4 Å². The van der Waals surface area contributed by atoms with E-state index in [1.54, 1.807) is 17.2 Å². The molecule has 0 aliphatic rings. The molecule has 0 fully saturated rings. The van der Waals surface area contributed by atoms with Crippen molar-refractivity contribution in [2.45, 2.75) is 13.5 Å². The number of nitrogens with one attached hydrogen (secondary N) is 1. The molecule has 1 aromatic heterocycles. The molecule has 0 aliphatic heterocycles. The van der Waals surface area contributed by atoms with Crippen molar-refractivity contribution in [1.29, 1.82) is 0 Å². The van der Waals surface area contributed by atoms with Crippen LogP contribution in [0.4, 0.5) is 5.69 Å². The maximum Gasteiger partial charge on any atom is 0.272 e. The smallest absolute Gasteiger partial charge is 0.272 e. The number of anilines is 1. The molecule has 0 unspecified atom stereocenters. The van der Waals surface area contributed by atoms with Gasteiger partial charge >= 0.3 is 0 Å². The monoisotopic (exact) mass is 326 g/mol. The molecule has 0 bridgehead atoms. The third-order valence-corrected chi connectivity index (χ3v) is 3.76. The van der Waals surface area contributed by atoms with E-state index in [0.717, 1.165) is 24.3 Å². The molecule has 0 saturated heterocycles. The molecule has 0 radical (unpaired) electrons. The second-order valence-corrected chi connectivity index (χ2v) is 5.97. The highest BCUT2D eigenvalue weighted by atomic mass is 16.2. The summed E-state index contributed by atoms with van der Waals surface area (Å²) in [4.78, 5) is 20.9. The van der Waals surface area contributed by atoms with Gasteiger partial charge in [0.25, 0.3) is 5.91 Å². The van der Waals surface area contributed by atoms with Gasteiger partial charge in [0.1, 0.15) is 5.69 Å². The second kappa shape index (κ2) is 9.03. The molecule has 5 nitrogen and oxygen atoms in total. The highest BCUT2D eigenvalue weighted by Gasteiger charge is 2.15. The number of benzene rings is 1. The molecule has 2 aromatic rings. The van der Waals surface area contributed by atoms with Crippen LogP contribution in [0.15, 0.2) is 48.7 Å². The summed E-state index contributed by atoms with van der Waals surface area (Å²) >= 11 is 0. The molecule has 2 rings (SSSR count). The first-order valence-corrected chi connectivity index (χ1v) is 8.28. The molecule has 1 aromatic carbocycles. The van der Waals surface area contributed by atoms with Crippen LogP contribution in [0.5, 0.6) is 0 Å². The van der Waals surface area contributed by atoms with Crippen molar-refractivity contribution in [3.8, 4) is 0 Å². The van der Waals surface area contributed by atoms with Gasteiger partial charge in [0.05, 0.1) is 11.9 Å². The normalized spacial score (nSPS) is 10.7. The summed E-state index contributed by atoms with van der Waals surface area (Å²) in [6.45, 7) is 5.02. The predicted molar refractivity (Wildman–Crippen MR) is 98.1 cm³/mol. The fraction of sp³-hybridized carbons (Fsp3) is 0.368. The lowest BCUT2D eigenvalue weighted by Gasteiger charge is -2.20. The molecule has 0 aliphatic carbocycles. The standard InChI is InChI=1S/C19H26N4O/c1-4-23(15-16-8-6-5-7-9-16)19(24)18-11-10-17(14-21-18)20-12-13-22(2)3/h5-11,14,20H,4,12-13,15H2,1-3H3. The molecule has 24 heavy (non-hydrogen) atoms. The van der Waals surface area contributed by atoms with E-state index in [2.05, 4.69) is 15.2 Å². The number of aromatic nitrogens is 1. The van der Waals surface area contributed by atoms with E-state index in [4.69, 9.17) is 0 Å². The molecule has 1 amide bonds. The summed E-state index contributed by atoms with van der Waals surface area (Å²) in [5, 5.41) is 3.30. The van der Waals surface area contributed by atoms with Crippen LogP contribution >= 0.6 is 0 Å². The minimum atomic E-state index is -0.0406. The molecule has 128 valence electrons. The van der Waals surface area contributed by atoms with Crippen LogP contribution in [0.1, 0.15) is 23.0 Å². The molecule has 1 N–H and O–H groups in total. The van der Waals surface area contributed by atoms with Crippen molar-refractivity contribution in [1.82, 2.24) is 14.8 Å². The SMILES string of the molecule is CCN(Cc1ccccc1)C(=O)c1ccc(NCCN(C)C)cn1. The first kappa shape index (κ1) is 17.9. The van der Waals surface area contributed by atoms with Crippen LogP contribution in [0.3, 0.4) is 0 Å². The van der Waals surface area contributed by atoms with Crippen LogP contribution in [0.2, 0.25) is 0 Å². The Bertz CT molecular complexity index is 626. The Morgan fingerprint density at radius 2 is 1.88 bits per heavy atom. The number of carbonyl (C=O) groups is 1. The first-order chi connectivity index (χ1) is 11.6. The molecular formula is C19H26N4O. The van der Waals surface area contributed by atoms with Crippen molar-refractivity contribution < 1.29 is 4.79 Å².